The third-order valence-electron chi connectivity index (χ3n) is 5.86. The number of carbonyl (C=O) groups excluding carboxylic acids is 1. The molecule has 0 spiro atoms. The largest absolute Gasteiger partial charge is 0.481 e. The molecule has 1 aliphatic heterocycles. The average Bonchev–Trinajstić information content (AvgIpc) is 3.27. The smallest absolute Gasteiger partial charge is 0.435 e. The third-order valence-corrected chi connectivity index (χ3v) is 5.86. The number of anilines is 1. The molecule has 2 aromatic carbocycles. The normalized spacial score (nSPS) is 13.9. The molecule has 5 nitrogen and oxygen atoms in total. The maximum atomic E-state index is 13.3. The number of benzene rings is 2. The number of halogens is 3. The second-order valence-corrected chi connectivity index (χ2v) is 7.92. The number of pyridine rings is 1. The maximum absolute atomic E-state index is 13.3. The molecule has 33 heavy (non-hydrogen) atoms. The standard InChI is InChI=1S/C25H20F3N3O2/c1-33-24-12-9-19(21-14-22(25(26,27)28)29-31(21)24)17-7-10-20-18(13-17)8-11-23(32)30(20)15-16-5-3-2-4-6-16/h2-7,9-10,12-14H,8,11,15H2,1H3. The van der Waals surface area contributed by atoms with Gasteiger partial charge >= 0.3 is 6.18 Å². The van der Waals surface area contributed by atoms with Crippen molar-refractivity contribution in [3.63, 3.8) is 0 Å². The predicted octanol–water partition coefficient (Wildman–Crippen LogP) is 5.51. The summed E-state index contributed by atoms with van der Waals surface area (Å²) in [6, 6.07) is 19.7. The SMILES string of the molecule is COc1ccc(-c2ccc3c(c2)CCC(=O)N3Cc2ccccc2)c2cc(C(F)(F)F)nn12. The van der Waals surface area contributed by atoms with Gasteiger partial charge in [-0.1, -0.05) is 36.4 Å². The van der Waals surface area contributed by atoms with Crippen molar-refractivity contribution in [2.24, 2.45) is 0 Å². The summed E-state index contributed by atoms with van der Waals surface area (Å²) in [7, 11) is 1.39. The van der Waals surface area contributed by atoms with E-state index in [1.165, 1.54) is 11.6 Å². The van der Waals surface area contributed by atoms with E-state index in [1.54, 1.807) is 17.0 Å². The molecular weight excluding hydrogens is 431 g/mol. The number of methoxy groups -OCH3 is 1. The molecule has 168 valence electrons. The van der Waals surface area contributed by atoms with Gasteiger partial charge in [0.15, 0.2) is 5.69 Å². The summed E-state index contributed by atoms with van der Waals surface area (Å²) >= 11 is 0. The maximum Gasteiger partial charge on any atom is 0.435 e. The fourth-order valence-corrected chi connectivity index (χ4v) is 4.26. The van der Waals surface area contributed by atoms with E-state index in [-0.39, 0.29) is 11.8 Å². The Labute approximate surface area is 188 Å². The molecule has 0 N–H and O–H groups in total. The van der Waals surface area contributed by atoms with Gasteiger partial charge in [-0.2, -0.15) is 22.8 Å². The van der Waals surface area contributed by atoms with Gasteiger partial charge in [0.1, 0.15) is 0 Å². The number of alkyl halides is 3. The first-order valence-corrected chi connectivity index (χ1v) is 10.5. The first kappa shape index (κ1) is 21.1. The molecule has 0 radical (unpaired) electrons. The number of hydrogen-bond donors (Lipinski definition) is 0. The summed E-state index contributed by atoms with van der Waals surface area (Å²) < 4.78 is 46.4. The monoisotopic (exact) mass is 451 g/mol. The molecule has 0 aliphatic carbocycles. The van der Waals surface area contributed by atoms with Crippen molar-refractivity contribution in [1.29, 1.82) is 0 Å². The summed E-state index contributed by atoms with van der Waals surface area (Å²) in [6.07, 6.45) is -3.61. The van der Waals surface area contributed by atoms with Gasteiger partial charge in [0, 0.05) is 23.7 Å². The van der Waals surface area contributed by atoms with Crippen molar-refractivity contribution in [3.8, 4) is 17.0 Å². The van der Waals surface area contributed by atoms with Crippen molar-refractivity contribution >= 4 is 17.1 Å². The van der Waals surface area contributed by atoms with Crippen LogP contribution in [0.25, 0.3) is 16.6 Å². The van der Waals surface area contributed by atoms with Crippen molar-refractivity contribution in [2.75, 3.05) is 12.0 Å². The van der Waals surface area contributed by atoms with Crippen LogP contribution >= 0.6 is 0 Å². The minimum absolute atomic E-state index is 0.0524. The molecule has 5 rings (SSSR count). The van der Waals surface area contributed by atoms with Crippen molar-refractivity contribution in [3.05, 3.63) is 83.6 Å². The Morgan fingerprint density at radius 2 is 1.79 bits per heavy atom. The highest BCUT2D eigenvalue weighted by Gasteiger charge is 2.35. The molecule has 0 unspecified atom stereocenters. The van der Waals surface area contributed by atoms with Crippen LogP contribution in [0.3, 0.4) is 0 Å². The fraction of sp³-hybridized carbons (Fsp3) is 0.200. The highest BCUT2D eigenvalue weighted by atomic mass is 19.4. The summed E-state index contributed by atoms with van der Waals surface area (Å²) in [6.45, 7) is 0.469. The van der Waals surface area contributed by atoms with E-state index in [1.807, 2.05) is 48.5 Å². The van der Waals surface area contributed by atoms with Crippen LogP contribution in [0.2, 0.25) is 0 Å². The van der Waals surface area contributed by atoms with Crippen LogP contribution in [0.1, 0.15) is 23.2 Å². The van der Waals surface area contributed by atoms with E-state index in [4.69, 9.17) is 4.74 Å². The van der Waals surface area contributed by atoms with Gasteiger partial charge in [-0.3, -0.25) is 4.79 Å². The molecule has 2 aromatic heterocycles. The Balaban J connectivity index is 1.58. The quantitative estimate of drug-likeness (QED) is 0.411. The zero-order valence-corrected chi connectivity index (χ0v) is 17.8. The molecule has 1 amide bonds. The minimum atomic E-state index is -4.57. The third kappa shape index (κ3) is 3.82. The zero-order valence-electron chi connectivity index (χ0n) is 17.8. The topological polar surface area (TPSA) is 46.8 Å². The van der Waals surface area contributed by atoms with E-state index < -0.39 is 11.9 Å². The Bertz CT molecular complexity index is 1350. The summed E-state index contributed by atoms with van der Waals surface area (Å²) in [5.74, 6) is 0.262. The lowest BCUT2D eigenvalue weighted by atomic mass is 9.95. The average molecular weight is 451 g/mol. The first-order valence-electron chi connectivity index (χ1n) is 10.5. The summed E-state index contributed by atoms with van der Waals surface area (Å²) in [4.78, 5) is 14.4. The van der Waals surface area contributed by atoms with Gasteiger partial charge in [-0.05, 0) is 47.4 Å². The molecule has 0 saturated heterocycles. The fourth-order valence-electron chi connectivity index (χ4n) is 4.26. The predicted molar refractivity (Wildman–Crippen MR) is 118 cm³/mol. The van der Waals surface area contributed by atoms with Crippen molar-refractivity contribution in [1.82, 2.24) is 9.61 Å². The Morgan fingerprint density at radius 1 is 1.00 bits per heavy atom. The lowest BCUT2D eigenvalue weighted by Crippen LogP contribution is -2.34. The van der Waals surface area contributed by atoms with E-state index in [0.29, 0.717) is 30.5 Å². The van der Waals surface area contributed by atoms with Crippen LogP contribution in [-0.2, 0) is 23.9 Å². The highest BCUT2D eigenvalue weighted by molar-refractivity contribution is 5.97. The summed E-state index contributed by atoms with van der Waals surface area (Å²) in [5, 5.41) is 3.71. The number of nitrogens with zero attached hydrogens (tertiary/aromatic N) is 3. The Morgan fingerprint density at radius 3 is 2.52 bits per heavy atom. The minimum Gasteiger partial charge on any atom is -0.481 e. The van der Waals surface area contributed by atoms with E-state index in [0.717, 1.165) is 28.4 Å². The lowest BCUT2D eigenvalue weighted by Gasteiger charge is -2.30. The molecule has 1 aliphatic rings. The zero-order chi connectivity index (χ0) is 23.2. The number of amides is 1. The van der Waals surface area contributed by atoms with Crippen LogP contribution in [0.4, 0.5) is 18.9 Å². The van der Waals surface area contributed by atoms with Crippen molar-refractivity contribution < 1.29 is 22.7 Å². The van der Waals surface area contributed by atoms with E-state index in [9.17, 15) is 18.0 Å². The van der Waals surface area contributed by atoms with Crippen LogP contribution in [0, 0.1) is 0 Å². The van der Waals surface area contributed by atoms with Gasteiger partial charge in [0.2, 0.25) is 11.8 Å². The highest BCUT2D eigenvalue weighted by Crippen LogP contribution is 2.37. The number of hydrogen-bond acceptors (Lipinski definition) is 3. The Hall–Kier alpha value is -3.81. The number of fused-ring (bicyclic) bond motifs is 2. The van der Waals surface area contributed by atoms with E-state index in [2.05, 4.69) is 5.10 Å². The summed E-state index contributed by atoms with van der Waals surface area (Å²) in [5.41, 5.74) is 3.51. The van der Waals surface area contributed by atoms with Gasteiger partial charge < -0.3 is 9.64 Å². The molecule has 4 aromatic rings. The number of ether oxygens (including phenoxy) is 1. The molecule has 3 heterocycles. The molecule has 0 saturated carbocycles. The van der Waals surface area contributed by atoms with Crippen LogP contribution in [0.15, 0.2) is 66.7 Å². The Kier molecular flexibility index (Phi) is 5.08. The molecule has 0 fully saturated rings. The van der Waals surface area contributed by atoms with Crippen LogP contribution in [0.5, 0.6) is 5.88 Å². The lowest BCUT2D eigenvalue weighted by molar-refractivity contribution is -0.141. The second kappa shape index (κ2) is 7.95. The van der Waals surface area contributed by atoms with Gasteiger partial charge in [0.25, 0.3) is 0 Å². The number of rotatable bonds is 4. The van der Waals surface area contributed by atoms with Crippen LogP contribution < -0.4 is 9.64 Å². The second-order valence-electron chi connectivity index (χ2n) is 7.92. The van der Waals surface area contributed by atoms with Crippen molar-refractivity contribution in [2.45, 2.75) is 25.6 Å². The van der Waals surface area contributed by atoms with E-state index >= 15 is 0 Å². The first-order chi connectivity index (χ1) is 15.8. The number of aromatic nitrogens is 2. The number of carbonyl (C=O) groups is 1. The van der Waals surface area contributed by atoms with Gasteiger partial charge in [-0.25, -0.2) is 0 Å². The molecular formula is C25H20F3N3O2. The van der Waals surface area contributed by atoms with Crippen LogP contribution in [-0.4, -0.2) is 22.6 Å². The molecule has 8 heteroatoms. The molecule has 0 atom stereocenters. The number of aryl methyl sites for hydroxylation is 1. The van der Waals surface area contributed by atoms with Gasteiger partial charge in [-0.15, -0.1) is 0 Å². The van der Waals surface area contributed by atoms with Gasteiger partial charge in [0.05, 0.1) is 19.2 Å². The molecule has 0 bridgehead atoms.